The highest BCUT2D eigenvalue weighted by molar-refractivity contribution is 5.77. The van der Waals surface area contributed by atoms with Gasteiger partial charge in [-0.25, -0.2) is 0 Å². The highest BCUT2D eigenvalue weighted by Crippen LogP contribution is 2.64. The highest BCUT2D eigenvalue weighted by atomic mass is 16.5. The third-order valence-corrected chi connectivity index (χ3v) is 4.11. The number of allylic oxidation sites excluding steroid dienone is 3. The van der Waals surface area contributed by atoms with E-state index in [1.54, 1.807) is 0 Å². The van der Waals surface area contributed by atoms with Crippen LogP contribution in [0.15, 0.2) is 23.5 Å². The maximum Gasteiger partial charge on any atom is 0.309 e. The molecular formula is C13H16O3. The Labute approximate surface area is 94.8 Å². The summed E-state index contributed by atoms with van der Waals surface area (Å²) >= 11 is 0. The molecule has 3 nitrogen and oxygen atoms in total. The van der Waals surface area contributed by atoms with Crippen LogP contribution in [-0.2, 0) is 9.53 Å². The molecular weight excluding hydrogens is 204 g/mol. The lowest BCUT2D eigenvalue weighted by molar-refractivity contribution is -0.145. The van der Waals surface area contributed by atoms with E-state index in [2.05, 4.69) is 0 Å². The molecule has 0 bridgehead atoms. The van der Waals surface area contributed by atoms with Gasteiger partial charge in [0.15, 0.2) is 0 Å². The highest BCUT2D eigenvalue weighted by Gasteiger charge is 2.63. The number of ether oxygens (including phenoxy) is 1. The van der Waals surface area contributed by atoms with E-state index in [1.807, 2.05) is 19.1 Å². The number of esters is 1. The first-order chi connectivity index (χ1) is 7.72. The molecule has 1 unspecified atom stereocenters. The molecule has 0 saturated heterocycles. The molecule has 2 fully saturated rings. The summed E-state index contributed by atoms with van der Waals surface area (Å²) in [6.07, 6.45) is 5.59. The Bertz CT molecular complexity index is 394. The summed E-state index contributed by atoms with van der Waals surface area (Å²) in [4.78, 5) is 11.7. The van der Waals surface area contributed by atoms with Gasteiger partial charge in [0.1, 0.15) is 5.76 Å². The SMILES string of the molecule is CCOC(=O)[C@H]1[C@@H]2CC3=CC(O)=CCC3[C@@H]21. The number of fused-ring (bicyclic) bond motifs is 3. The number of hydrogen-bond acceptors (Lipinski definition) is 3. The molecule has 0 heterocycles. The maximum atomic E-state index is 11.7. The van der Waals surface area contributed by atoms with Crippen LogP contribution in [0.2, 0.25) is 0 Å². The third-order valence-electron chi connectivity index (χ3n) is 4.11. The minimum Gasteiger partial charge on any atom is -0.508 e. The van der Waals surface area contributed by atoms with Crippen molar-refractivity contribution in [3.05, 3.63) is 23.5 Å². The van der Waals surface area contributed by atoms with Crippen LogP contribution in [-0.4, -0.2) is 17.7 Å². The Hall–Kier alpha value is -1.25. The standard InChI is InChI=1S/C13H16O3/c1-2-16-13(15)12-10-6-7-5-8(14)3-4-9(7)11(10)12/h3,5,9-12,14H,2,4,6H2,1H3/t9?,10-,11+,12+/m1/s1. The monoisotopic (exact) mass is 220 g/mol. The fourth-order valence-electron chi connectivity index (χ4n) is 3.42. The van der Waals surface area contributed by atoms with Gasteiger partial charge in [-0.05, 0) is 49.7 Å². The molecule has 0 aromatic carbocycles. The number of hydrogen-bond donors (Lipinski definition) is 1. The lowest BCUT2D eigenvalue weighted by Crippen LogP contribution is -2.15. The van der Waals surface area contributed by atoms with E-state index >= 15 is 0 Å². The number of carbonyl (C=O) groups excluding carboxylic acids is 1. The van der Waals surface area contributed by atoms with Gasteiger partial charge in [0.25, 0.3) is 0 Å². The van der Waals surface area contributed by atoms with Crippen molar-refractivity contribution in [1.29, 1.82) is 0 Å². The average Bonchev–Trinajstić information content (AvgIpc) is 2.82. The van der Waals surface area contributed by atoms with Crippen LogP contribution in [0.5, 0.6) is 0 Å². The van der Waals surface area contributed by atoms with Gasteiger partial charge in [-0.3, -0.25) is 4.79 Å². The Balaban J connectivity index is 1.71. The smallest absolute Gasteiger partial charge is 0.309 e. The molecule has 0 amide bonds. The van der Waals surface area contributed by atoms with E-state index in [-0.39, 0.29) is 11.9 Å². The first kappa shape index (κ1) is 9.94. The zero-order chi connectivity index (χ0) is 11.3. The van der Waals surface area contributed by atoms with Gasteiger partial charge in [-0.1, -0.05) is 5.57 Å². The lowest BCUT2D eigenvalue weighted by atomic mass is 9.88. The van der Waals surface area contributed by atoms with Crippen molar-refractivity contribution in [2.75, 3.05) is 6.61 Å². The third kappa shape index (κ3) is 1.30. The Morgan fingerprint density at radius 3 is 3.19 bits per heavy atom. The molecule has 3 aliphatic rings. The summed E-state index contributed by atoms with van der Waals surface area (Å²) in [5.74, 6) is 1.95. The zero-order valence-corrected chi connectivity index (χ0v) is 9.35. The normalized spacial score (nSPS) is 39.3. The second-order valence-electron chi connectivity index (χ2n) is 4.91. The van der Waals surface area contributed by atoms with E-state index in [0.29, 0.717) is 30.1 Å². The summed E-state index contributed by atoms with van der Waals surface area (Å²) in [5.41, 5.74) is 1.33. The molecule has 0 aromatic heterocycles. The predicted octanol–water partition coefficient (Wildman–Crippen LogP) is 2.20. The maximum absolute atomic E-state index is 11.7. The van der Waals surface area contributed by atoms with Crippen LogP contribution in [0.3, 0.4) is 0 Å². The van der Waals surface area contributed by atoms with Crippen LogP contribution in [0.1, 0.15) is 19.8 Å². The molecule has 1 N–H and O–H groups in total. The van der Waals surface area contributed by atoms with Crippen molar-refractivity contribution in [3.8, 4) is 0 Å². The quantitative estimate of drug-likeness (QED) is 0.726. The zero-order valence-electron chi connectivity index (χ0n) is 9.35. The van der Waals surface area contributed by atoms with Crippen molar-refractivity contribution in [3.63, 3.8) is 0 Å². The Morgan fingerprint density at radius 2 is 2.44 bits per heavy atom. The van der Waals surface area contributed by atoms with Crippen molar-refractivity contribution >= 4 is 5.97 Å². The lowest BCUT2D eigenvalue weighted by Gasteiger charge is -2.19. The molecule has 0 spiro atoms. The van der Waals surface area contributed by atoms with Crippen molar-refractivity contribution in [2.45, 2.75) is 19.8 Å². The van der Waals surface area contributed by atoms with Gasteiger partial charge >= 0.3 is 5.97 Å². The van der Waals surface area contributed by atoms with Gasteiger partial charge in [0.05, 0.1) is 12.5 Å². The molecule has 86 valence electrons. The van der Waals surface area contributed by atoms with Crippen molar-refractivity contribution < 1.29 is 14.6 Å². The van der Waals surface area contributed by atoms with Crippen molar-refractivity contribution in [1.82, 2.24) is 0 Å². The Morgan fingerprint density at radius 1 is 1.62 bits per heavy atom. The van der Waals surface area contributed by atoms with E-state index in [0.717, 1.165) is 12.8 Å². The first-order valence-corrected chi connectivity index (χ1v) is 5.98. The van der Waals surface area contributed by atoms with Gasteiger partial charge in [0.2, 0.25) is 0 Å². The van der Waals surface area contributed by atoms with Gasteiger partial charge in [0, 0.05) is 0 Å². The summed E-state index contributed by atoms with van der Waals surface area (Å²) < 4.78 is 5.08. The molecule has 0 radical (unpaired) electrons. The number of carbonyl (C=O) groups is 1. The minimum absolute atomic E-state index is 0.0182. The Kier molecular flexibility index (Phi) is 2.09. The van der Waals surface area contributed by atoms with Crippen LogP contribution < -0.4 is 0 Å². The molecule has 2 saturated carbocycles. The summed E-state index contributed by atoms with van der Waals surface area (Å²) in [5, 5.41) is 9.41. The average molecular weight is 220 g/mol. The molecule has 3 rings (SSSR count). The molecule has 3 aliphatic carbocycles. The van der Waals surface area contributed by atoms with Crippen LogP contribution >= 0.6 is 0 Å². The molecule has 4 atom stereocenters. The predicted molar refractivity (Wildman–Crippen MR) is 58.6 cm³/mol. The van der Waals surface area contributed by atoms with E-state index < -0.39 is 0 Å². The molecule has 16 heavy (non-hydrogen) atoms. The van der Waals surface area contributed by atoms with Crippen LogP contribution in [0.25, 0.3) is 0 Å². The van der Waals surface area contributed by atoms with Crippen LogP contribution in [0, 0.1) is 23.7 Å². The van der Waals surface area contributed by atoms with Gasteiger partial charge in [-0.15, -0.1) is 0 Å². The largest absolute Gasteiger partial charge is 0.508 e. The number of aliphatic hydroxyl groups excluding tert-OH is 1. The summed E-state index contributed by atoms with van der Waals surface area (Å²) in [7, 11) is 0. The summed E-state index contributed by atoms with van der Waals surface area (Å²) in [6.45, 7) is 2.33. The van der Waals surface area contributed by atoms with E-state index in [4.69, 9.17) is 4.74 Å². The molecule has 0 aliphatic heterocycles. The van der Waals surface area contributed by atoms with Gasteiger partial charge in [-0.2, -0.15) is 0 Å². The minimum atomic E-state index is -0.0182. The fraction of sp³-hybridized carbons (Fsp3) is 0.615. The topological polar surface area (TPSA) is 46.5 Å². The summed E-state index contributed by atoms with van der Waals surface area (Å²) in [6, 6.07) is 0. The first-order valence-electron chi connectivity index (χ1n) is 5.98. The van der Waals surface area contributed by atoms with Gasteiger partial charge < -0.3 is 9.84 Å². The van der Waals surface area contributed by atoms with Crippen LogP contribution in [0.4, 0.5) is 0 Å². The second kappa shape index (κ2) is 3.37. The van der Waals surface area contributed by atoms with E-state index in [1.165, 1.54) is 5.57 Å². The fourth-order valence-corrected chi connectivity index (χ4v) is 3.42. The van der Waals surface area contributed by atoms with Crippen molar-refractivity contribution in [2.24, 2.45) is 23.7 Å². The molecule has 0 aromatic rings. The number of rotatable bonds is 2. The second-order valence-corrected chi connectivity index (χ2v) is 4.91. The molecule has 3 heteroatoms. The number of aliphatic hydroxyl groups is 1. The van der Waals surface area contributed by atoms with E-state index in [9.17, 15) is 9.90 Å².